The summed E-state index contributed by atoms with van der Waals surface area (Å²) in [7, 11) is 1.52. The highest BCUT2D eigenvalue weighted by atomic mass is 79.9. The molecule has 1 saturated heterocycles. The molecule has 34 heavy (non-hydrogen) atoms. The van der Waals surface area contributed by atoms with E-state index in [9.17, 15) is 9.59 Å². The van der Waals surface area contributed by atoms with Crippen LogP contribution in [0.2, 0.25) is 0 Å². The number of hydrogen-bond donors (Lipinski definition) is 1. The van der Waals surface area contributed by atoms with Crippen LogP contribution >= 0.6 is 15.9 Å². The Hall–Kier alpha value is -3.52. The highest BCUT2D eigenvalue weighted by Crippen LogP contribution is 2.38. The normalized spacial score (nSPS) is 17.4. The summed E-state index contributed by atoms with van der Waals surface area (Å²) in [6, 6.07) is 20.0. The first-order chi connectivity index (χ1) is 16.4. The molecule has 176 valence electrons. The number of carboxylic acid groups (broad SMARTS) is 1. The second-order valence-electron chi connectivity index (χ2n) is 7.99. The smallest absolute Gasteiger partial charge is 0.411 e. The number of hydrogen-bond acceptors (Lipinski definition) is 5. The van der Waals surface area contributed by atoms with Crippen LogP contribution in [-0.2, 0) is 22.5 Å². The highest BCUT2D eigenvalue weighted by Gasteiger charge is 2.39. The SMILES string of the molecule is COc1ccc(CC(=O)O)cc1Oc1ccc(Br)cc1CN1C(=O)O[C@@H](c2ccccc2)[C@H]1C. The topological polar surface area (TPSA) is 85.3 Å². The number of carbonyl (C=O) groups is 2. The van der Waals surface area contributed by atoms with Gasteiger partial charge in [-0.15, -0.1) is 0 Å². The average molecular weight is 526 g/mol. The van der Waals surface area contributed by atoms with Gasteiger partial charge in [0.25, 0.3) is 0 Å². The molecule has 0 aliphatic carbocycles. The van der Waals surface area contributed by atoms with Crippen LogP contribution < -0.4 is 9.47 Å². The minimum absolute atomic E-state index is 0.133. The zero-order valence-corrected chi connectivity index (χ0v) is 20.3. The van der Waals surface area contributed by atoms with E-state index in [1.165, 1.54) is 7.11 Å². The van der Waals surface area contributed by atoms with Crippen LogP contribution in [0.1, 0.15) is 29.7 Å². The van der Waals surface area contributed by atoms with E-state index < -0.39 is 12.1 Å². The summed E-state index contributed by atoms with van der Waals surface area (Å²) in [5.74, 6) is 0.456. The van der Waals surface area contributed by atoms with Gasteiger partial charge in [0.05, 0.1) is 26.1 Å². The number of nitrogens with zero attached hydrogens (tertiary/aromatic N) is 1. The van der Waals surface area contributed by atoms with Gasteiger partial charge in [-0.3, -0.25) is 9.69 Å². The molecule has 0 spiro atoms. The molecule has 0 radical (unpaired) electrons. The molecular formula is C26H24BrNO6. The molecule has 0 aromatic heterocycles. The predicted molar refractivity (Wildman–Crippen MR) is 129 cm³/mol. The average Bonchev–Trinajstić information content (AvgIpc) is 3.09. The number of ether oxygens (including phenoxy) is 3. The van der Waals surface area contributed by atoms with Gasteiger partial charge in [-0.1, -0.05) is 52.3 Å². The van der Waals surface area contributed by atoms with Crippen LogP contribution in [0, 0.1) is 0 Å². The lowest BCUT2D eigenvalue weighted by molar-refractivity contribution is -0.136. The molecule has 7 nitrogen and oxygen atoms in total. The molecule has 1 aliphatic heterocycles. The fourth-order valence-corrected chi connectivity index (χ4v) is 4.37. The van der Waals surface area contributed by atoms with Crippen molar-refractivity contribution < 1.29 is 28.9 Å². The first-order valence-electron chi connectivity index (χ1n) is 10.7. The van der Waals surface area contributed by atoms with E-state index in [4.69, 9.17) is 19.3 Å². The van der Waals surface area contributed by atoms with E-state index >= 15 is 0 Å². The molecule has 0 saturated carbocycles. The van der Waals surface area contributed by atoms with Crippen LogP contribution in [0.4, 0.5) is 4.79 Å². The number of aliphatic carboxylic acids is 1. The van der Waals surface area contributed by atoms with Crippen molar-refractivity contribution in [1.29, 1.82) is 0 Å². The van der Waals surface area contributed by atoms with Crippen molar-refractivity contribution in [3.05, 3.63) is 87.9 Å². The van der Waals surface area contributed by atoms with Crippen molar-refractivity contribution in [2.45, 2.75) is 32.0 Å². The molecule has 8 heteroatoms. The van der Waals surface area contributed by atoms with Crippen LogP contribution in [0.15, 0.2) is 71.2 Å². The number of carboxylic acids is 1. The third kappa shape index (κ3) is 5.17. The Bertz CT molecular complexity index is 1200. The van der Waals surface area contributed by atoms with E-state index in [0.717, 1.165) is 15.6 Å². The standard InChI is InChI=1S/C26H24BrNO6/c1-16-25(18-6-4-3-5-7-18)34-26(31)28(16)15-19-14-20(27)9-11-21(19)33-23-12-17(13-24(29)30)8-10-22(23)32-2/h3-12,14,16,25H,13,15H2,1-2H3,(H,29,30)/t16-,25-/m1/s1. The Morgan fingerprint density at radius 3 is 2.50 bits per heavy atom. The van der Waals surface area contributed by atoms with E-state index in [0.29, 0.717) is 22.8 Å². The van der Waals surface area contributed by atoms with Crippen LogP contribution in [0.5, 0.6) is 17.2 Å². The fraction of sp³-hybridized carbons (Fsp3) is 0.231. The summed E-state index contributed by atoms with van der Waals surface area (Å²) in [4.78, 5) is 25.6. The lowest BCUT2D eigenvalue weighted by Crippen LogP contribution is -2.31. The van der Waals surface area contributed by atoms with Gasteiger partial charge in [-0.25, -0.2) is 4.79 Å². The summed E-state index contributed by atoms with van der Waals surface area (Å²) in [5, 5.41) is 9.13. The van der Waals surface area contributed by atoms with Gasteiger partial charge >= 0.3 is 12.1 Å². The number of carbonyl (C=O) groups excluding carboxylic acids is 1. The summed E-state index contributed by atoms with van der Waals surface area (Å²) < 4.78 is 18.1. The maximum Gasteiger partial charge on any atom is 0.411 e. The Labute approximate surface area is 206 Å². The Kier molecular flexibility index (Phi) is 7.07. The minimum atomic E-state index is -0.935. The lowest BCUT2D eigenvalue weighted by atomic mass is 10.0. The van der Waals surface area contributed by atoms with E-state index in [1.807, 2.05) is 49.4 Å². The molecule has 4 rings (SSSR count). The van der Waals surface area contributed by atoms with Crippen LogP contribution in [-0.4, -0.2) is 35.2 Å². The molecule has 3 aromatic carbocycles. The largest absolute Gasteiger partial charge is 0.493 e. The fourth-order valence-electron chi connectivity index (χ4n) is 3.96. The third-order valence-electron chi connectivity index (χ3n) is 5.69. The van der Waals surface area contributed by atoms with Gasteiger partial charge < -0.3 is 19.3 Å². The Morgan fingerprint density at radius 1 is 1.06 bits per heavy atom. The molecule has 1 heterocycles. The summed E-state index contributed by atoms with van der Waals surface area (Å²) in [6.45, 7) is 2.23. The Morgan fingerprint density at radius 2 is 1.79 bits per heavy atom. The summed E-state index contributed by atoms with van der Waals surface area (Å²) in [5.41, 5.74) is 2.29. The van der Waals surface area contributed by atoms with E-state index in [-0.39, 0.29) is 25.1 Å². The number of methoxy groups -OCH3 is 1. The zero-order chi connectivity index (χ0) is 24.2. The maximum atomic E-state index is 12.8. The van der Waals surface area contributed by atoms with Gasteiger partial charge in [0.1, 0.15) is 11.9 Å². The molecule has 1 fully saturated rings. The van der Waals surface area contributed by atoms with Crippen LogP contribution in [0.25, 0.3) is 0 Å². The van der Waals surface area contributed by atoms with Gasteiger partial charge in [-0.05, 0) is 48.4 Å². The molecular weight excluding hydrogens is 502 g/mol. The monoisotopic (exact) mass is 525 g/mol. The van der Waals surface area contributed by atoms with Crippen molar-refractivity contribution in [2.75, 3.05) is 7.11 Å². The molecule has 2 atom stereocenters. The number of rotatable bonds is 8. The Balaban J connectivity index is 1.61. The number of halogens is 1. The van der Waals surface area contributed by atoms with Gasteiger partial charge in [-0.2, -0.15) is 0 Å². The number of benzene rings is 3. The van der Waals surface area contributed by atoms with Crippen molar-refractivity contribution >= 4 is 28.0 Å². The quantitative estimate of drug-likeness (QED) is 0.390. The molecule has 0 unspecified atom stereocenters. The van der Waals surface area contributed by atoms with E-state index in [1.54, 1.807) is 29.2 Å². The molecule has 1 amide bonds. The van der Waals surface area contributed by atoms with Crippen LogP contribution in [0.3, 0.4) is 0 Å². The first-order valence-corrected chi connectivity index (χ1v) is 11.5. The summed E-state index contributed by atoms with van der Waals surface area (Å²) >= 11 is 3.50. The van der Waals surface area contributed by atoms with Gasteiger partial charge in [0.2, 0.25) is 0 Å². The molecule has 3 aromatic rings. The zero-order valence-electron chi connectivity index (χ0n) is 18.7. The van der Waals surface area contributed by atoms with Crippen molar-refractivity contribution in [2.24, 2.45) is 0 Å². The predicted octanol–water partition coefficient (Wildman–Crippen LogP) is 5.96. The third-order valence-corrected chi connectivity index (χ3v) is 6.18. The molecule has 0 bridgehead atoms. The van der Waals surface area contributed by atoms with E-state index in [2.05, 4.69) is 15.9 Å². The van der Waals surface area contributed by atoms with Crippen molar-refractivity contribution in [3.8, 4) is 17.2 Å². The lowest BCUT2D eigenvalue weighted by Gasteiger charge is -2.22. The van der Waals surface area contributed by atoms with Gasteiger partial charge in [0, 0.05) is 10.0 Å². The van der Waals surface area contributed by atoms with Gasteiger partial charge in [0.15, 0.2) is 11.5 Å². The number of amides is 1. The molecule has 1 aliphatic rings. The van der Waals surface area contributed by atoms with Crippen molar-refractivity contribution in [3.63, 3.8) is 0 Å². The maximum absolute atomic E-state index is 12.8. The highest BCUT2D eigenvalue weighted by molar-refractivity contribution is 9.10. The molecule has 1 N–H and O–H groups in total. The minimum Gasteiger partial charge on any atom is -0.493 e. The second kappa shape index (κ2) is 10.2. The van der Waals surface area contributed by atoms with Crippen molar-refractivity contribution in [1.82, 2.24) is 4.90 Å². The summed E-state index contributed by atoms with van der Waals surface area (Å²) in [6.07, 6.45) is -0.891. The second-order valence-corrected chi connectivity index (χ2v) is 8.91. The number of cyclic esters (lactones) is 1. The first kappa shape index (κ1) is 23.6.